The van der Waals surface area contributed by atoms with E-state index in [1.165, 1.54) is 6.08 Å². The third-order valence-electron chi connectivity index (χ3n) is 4.10. The molecule has 0 aliphatic heterocycles. The molecule has 0 unspecified atom stereocenters. The third kappa shape index (κ3) is 3.44. The summed E-state index contributed by atoms with van der Waals surface area (Å²) in [6, 6.07) is 17.5. The first-order valence-corrected chi connectivity index (χ1v) is 8.97. The second kappa shape index (κ2) is 7.35. The Hall–Kier alpha value is -3.33. The molecular formula is C21H11Cl2N3O2. The van der Waals surface area contributed by atoms with Gasteiger partial charge in [-0.2, -0.15) is 5.26 Å². The lowest BCUT2D eigenvalue weighted by atomic mass is 10.2. The van der Waals surface area contributed by atoms with Crippen LogP contribution in [0.25, 0.3) is 33.9 Å². The summed E-state index contributed by atoms with van der Waals surface area (Å²) in [5.41, 5.74) is 1.01. The third-order valence-corrected chi connectivity index (χ3v) is 4.66. The summed E-state index contributed by atoms with van der Waals surface area (Å²) < 4.78 is 5.79. The van der Waals surface area contributed by atoms with Crippen LogP contribution in [0, 0.1) is 11.3 Å². The second-order valence-electron chi connectivity index (χ2n) is 5.93. The summed E-state index contributed by atoms with van der Waals surface area (Å²) in [5, 5.41) is 11.0. The molecule has 0 saturated carbocycles. The van der Waals surface area contributed by atoms with E-state index in [4.69, 9.17) is 27.6 Å². The van der Waals surface area contributed by atoms with Crippen LogP contribution in [0.4, 0.5) is 0 Å². The van der Waals surface area contributed by atoms with E-state index in [1.807, 2.05) is 6.07 Å². The first kappa shape index (κ1) is 18.1. The van der Waals surface area contributed by atoms with E-state index in [9.17, 15) is 10.1 Å². The predicted molar refractivity (Wildman–Crippen MR) is 110 cm³/mol. The average Bonchev–Trinajstić information content (AvgIpc) is 3.16. The molecule has 0 spiro atoms. The van der Waals surface area contributed by atoms with Gasteiger partial charge in [0.1, 0.15) is 17.6 Å². The van der Waals surface area contributed by atoms with Gasteiger partial charge in [-0.1, -0.05) is 35.3 Å². The maximum absolute atomic E-state index is 12.2. The molecule has 2 aromatic heterocycles. The zero-order valence-electron chi connectivity index (χ0n) is 14.2. The van der Waals surface area contributed by atoms with Crippen molar-refractivity contribution in [2.45, 2.75) is 0 Å². The molecule has 1 N–H and O–H groups in total. The molecule has 0 aliphatic rings. The Bertz CT molecular complexity index is 1330. The van der Waals surface area contributed by atoms with Gasteiger partial charge < -0.3 is 9.40 Å². The second-order valence-corrected chi connectivity index (χ2v) is 6.77. The Kier molecular flexibility index (Phi) is 4.74. The van der Waals surface area contributed by atoms with Gasteiger partial charge in [-0.05, 0) is 42.5 Å². The van der Waals surface area contributed by atoms with Crippen LogP contribution < -0.4 is 5.56 Å². The van der Waals surface area contributed by atoms with Crippen LogP contribution in [0.5, 0.6) is 0 Å². The quantitative estimate of drug-likeness (QED) is 0.451. The van der Waals surface area contributed by atoms with E-state index in [2.05, 4.69) is 9.97 Å². The fourth-order valence-electron chi connectivity index (χ4n) is 2.77. The van der Waals surface area contributed by atoms with Crippen molar-refractivity contribution in [1.82, 2.24) is 9.97 Å². The molecule has 2 aromatic carbocycles. The number of fused-ring (bicyclic) bond motifs is 1. The number of nitriles is 1. The number of allylic oxidation sites excluding steroid dienone is 1. The number of nitrogens with zero attached hydrogens (tertiary/aromatic N) is 2. The van der Waals surface area contributed by atoms with E-state index in [-0.39, 0.29) is 17.0 Å². The van der Waals surface area contributed by atoms with Gasteiger partial charge in [0.05, 0.1) is 21.5 Å². The van der Waals surface area contributed by atoms with Crippen LogP contribution in [0.3, 0.4) is 0 Å². The topological polar surface area (TPSA) is 82.7 Å². The van der Waals surface area contributed by atoms with Gasteiger partial charge in [0, 0.05) is 16.7 Å². The molecule has 0 saturated heterocycles. The minimum Gasteiger partial charge on any atom is -0.457 e. The average molecular weight is 408 g/mol. The number of hydrogen-bond acceptors (Lipinski definition) is 4. The highest BCUT2D eigenvalue weighted by atomic mass is 35.5. The lowest BCUT2D eigenvalue weighted by Gasteiger charge is -2.02. The Morgan fingerprint density at radius 1 is 1.14 bits per heavy atom. The summed E-state index contributed by atoms with van der Waals surface area (Å²) >= 11 is 12.2. The van der Waals surface area contributed by atoms with E-state index in [1.54, 1.807) is 54.6 Å². The highest BCUT2D eigenvalue weighted by Crippen LogP contribution is 2.32. The molecule has 28 heavy (non-hydrogen) atoms. The van der Waals surface area contributed by atoms with Crippen LogP contribution in [-0.2, 0) is 0 Å². The molecule has 5 nitrogen and oxygen atoms in total. The Morgan fingerprint density at radius 2 is 1.96 bits per heavy atom. The van der Waals surface area contributed by atoms with Gasteiger partial charge >= 0.3 is 0 Å². The smallest absolute Gasteiger partial charge is 0.259 e. The molecule has 0 aliphatic carbocycles. The summed E-state index contributed by atoms with van der Waals surface area (Å²) in [7, 11) is 0. The van der Waals surface area contributed by atoms with E-state index in [0.717, 1.165) is 0 Å². The molecular weight excluding hydrogens is 397 g/mol. The van der Waals surface area contributed by atoms with Gasteiger partial charge in [0.2, 0.25) is 0 Å². The van der Waals surface area contributed by atoms with Crippen LogP contribution in [0.15, 0.2) is 63.8 Å². The number of nitrogens with one attached hydrogen (secondary N) is 1. The molecule has 136 valence electrons. The van der Waals surface area contributed by atoms with Crippen molar-refractivity contribution in [1.29, 1.82) is 5.26 Å². The first-order valence-electron chi connectivity index (χ1n) is 8.21. The normalized spacial score (nSPS) is 11.5. The fourth-order valence-corrected chi connectivity index (χ4v) is 3.15. The monoisotopic (exact) mass is 407 g/mol. The molecule has 4 aromatic rings. The number of aromatic nitrogens is 2. The zero-order valence-corrected chi connectivity index (χ0v) is 15.8. The molecule has 0 fully saturated rings. The van der Waals surface area contributed by atoms with Crippen molar-refractivity contribution < 1.29 is 4.42 Å². The predicted octanol–water partition coefficient (Wildman–Crippen LogP) is 5.55. The number of furan rings is 1. The number of para-hydroxylation sites is 1. The van der Waals surface area contributed by atoms with Crippen LogP contribution >= 0.6 is 23.2 Å². The maximum Gasteiger partial charge on any atom is 0.259 e. The lowest BCUT2D eigenvalue weighted by molar-refractivity contribution is 0.572. The maximum atomic E-state index is 12.2. The van der Waals surface area contributed by atoms with Crippen LogP contribution in [0.2, 0.25) is 10.0 Å². The van der Waals surface area contributed by atoms with Gasteiger partial charge in [0.25, 0.3) is 5.56 Å². The Balaban J connectivity index is 1.76. The van der Waals surface area contributed by atoms with Gasteiger partial charge in [-0.15, -0.1) is 0 Å². The molecule has 0 bridgehead atoms. The number of benzene rings is 2. The number of H-pyrrole nitrogens is 1. The molecule has 0 amide bonds. The number of rotatable bonds is 3. The zero-order chi connectivity index (χ0) is 19.7. The van der Waals surface area contributed by atoms with Gasteiger partial charge in [0.15, 0.2) is 5.82 Å². The van der Waals surface area contributed by atoms with E-state index < -0.39 is 0 Å². The molecule has 2 heterocycles. The lowest BCUT2D eigenvalue weighted by Crippen LogP contribution is -2.11. The van der Waals surface area contributed by atoms with Crippen LogP contribution in [0.1, 0.15) is 11.6 Å². The van der Waals surface area contributed by atoms with Crippen molar-refractivity contribution in [2.75, 3.05) is 0 Å². The number of aromatic amines is 1. The van der Waals surface area contributed by atoms with Crippen molar-refractivity contribution in [3.05, 3.63) is 86.6 Å². The molecule has 7 heteroatoms. The molecule has 0 radical (unpaired) electrons. The minimum absolute atomic E-state index is 0.168. The van der Waals surface area contributed by atoms with Gasteiger partial charge in [-0.25, -0.2) is 4.98 Å². The molecule has 4 rings (SSSR count). The molecule has 0 atom stereocenters. The van der Waals surface area contributed by atoms with Gasteiger partial charge in [-0.3, -0.25) is 4.79 Å². The van der Waals surface area contributed by atoms with Crippen molar-refractivity contribution in [3.63, 3.8) is 0 Å². The summed E-state index contributed by atoms with van der Waals surface area (Å²) in [4.78, 5) is 19.3. The largest absolute Gasteiger partial charge is 0.457 e. The summed E-state index contributed by atoms with van der Waals surface area (Å²) in [6.07, 6.45) is 1.51. The van der Waals surface area contributed by atoms with E-state index in [0.29, 0.717) is 38.0 Å². The standard InChI is InChI=1S/C21H11Cl2N3O2/c22-13-5-7-17(23)16(10-13)19-8-6-14(28-19)9-12(11-24)20-25-18-4-2-1-3-15(18)21(27)26-20/h1-10H,(H,25,26,27). The fraction of sp³-hybridized carbons (Fsp3) is 0. The summed E-state index contributed by atoms with van der Waals surface area (Å²) in [6.45, 7) is 0. The minimum atomic E-state index is -0.312. The Morgan fingerprint density at radius 3 is 2.79 bits per heavy atom. The van der Waals surface area contributed by atoms with E-state index >= 15 is 0 Å². The van der Waals surface area contributed by atoms with Crippen molar-refractivity contribution in [2.24, 2.45) is 0 Å². The number of halogens is 2. The highest BCUT2D eigenvalue weighted by Gasteiger charge is 2.12. The van der Waals surface area contributed by atoms with Crippen molar-refractivity contribution in [3.8, 4) is 17.4 Å². The Labute approximate surface area is 169 Å². The first-order chi connectivity index (χ1) is 13.5. The SMILES string of the molecule is N#CC(=Cc1ccc(-c2cc(Cl)ccc2Cl)o1)c1nc2ccccc2c(=O)[nH]1. The summed E-state index contributed by atoms with van der Waals surface area (Å²) in [5.74, 6) is 1.10. The van der Waals surface area contributed by atoms with Crippen molar-refractivity contribution >= 4 is 45.8 Å². The number of hydrogen-bond donors (Lipinski definition) is 1. The highest BCUT2D eigenvalue weighted by molar-refractivity contribution is 6.35. The van der Waals surface area contributed by atoms with Crippen LogP contribution in [-0.4, -0.2) is 9.97 Å².